The lowest BCUT2D eigenvalue weighted by molar-refractivity contribution is 0.0623. The highest BCUT2D eigenvalue weighted by atomic mass is 16.3. The predicted molar refractivity (Wildman–Crippen MR) is 81.5 cm³/mol. The number of carbonyl (C=O) groups is 1. The van der Waals surface area contributed by atoms with E-state index in [1.807, 2.05) is 32.9 Å². The lowest BCUT2D eigenvalue weighted by atomic mass is 10.1. The average molecular weight is 279 g/mol. The summed E-state index contributed by atoms with van der Waals surface area (Å²) < 4.78 is 0. The Bertz CT molecular complexity index is 445. The first-order chi connectivity index (χ1) is 9.58. The van der Waals surface area contributed by atoms with Gasteiger partial charge in [0.1, 0.15) is 0 Å². The number of aliphatic hydroxyl groups excluding tert-OH is 1. The maximum Gasteiger partial charge on any atom is 0.256 e. The molecule has 0 aromatic heterocycles. The van der Waals surface area contributed by atoms with Crippen LogP contribution in [0.1, 0.15) is 42.6 Å². The van der Waals surface area contributed by atoms with Crippen molar-refractivity contribution in [2.45, 2.75) is 39.7 Å². The summed E-state index contributed by atoms with van der Waals surface area (Å²) in [6, 6.07) is 5.64. The minimum absolute atomic E-state index is 0.0422. The summed E-state index contributed by atoms with van der Waals surface area (Å²) in [4.78, 5) is 14.4. The zero-order valence-corrected chi connectivity index (χ0v) is 12.5. The van der Waals surface area contributed by atoms with Crippen LogP contribution in [0.3, 0.4) is 0 Å². The summed E-state index contributed by atoms with van der Waals surface area (Å²) in [7, 11) is 0. The zero-order chi connectivity index (χ0) is 15.1. The Hall–Kier alpha value is -1.59. The zero-order valence-electron chi connectivity index (χ0n) is 12.5. The maximum absolute atomic E-state index is 12.7. The van der Waals surface area contributed by atoms with Gasteiger partial charge >= 0.3 is 0 Å². The van der Waals surface area contributed by atoms with Gasteiger partial charge in [0, 0.05) is 12.6 Å². The Morgan fingerprint density at radius 3 is 2.55 bits per heavy atom. The van der Waals surface area contributed by atoms with Crippen LogP contribution in [0, 0.1) is 6.92 Å². The predicted octanol–water partition coefficient (Wildman–Crippen LogP) is 1.90. The average Bonchev–Trinajstić information content (AvgIpc) is 2.46. The molecule has 5 heteroatoms. The quantitative estimate of drug-likeness (QED) is 0.526. The van der Waals surface area contributed by atoms with Crippen LogP contribution in [0.25, 0.3) is 0 Å². The lowest BCUT2D eigenvalue weighted by Crippen LogP contribution is -2.42. The second-order valence-corrected chi connectivity index (χ2v) is 4.89. The van der Waals surface area contributed by atoms with E-state index in [9.17, 15) is 9.90 Å². The molecular formula is C15H25N3O2. The molecule has 4 N–H and O–H groups in total. The van der Waals surface area contributed by atoms with Crippen LogP contribution in [-0.2, 0) is 0 Å². The Morgan fingerprint density at radius 2 is 2.05 bits per heavy atom. The van der Waals surface area contributed by atoms with Gasteiger partial charge in [0.25, 0.3) is 5.91 Å². The molecule has 0 bridgehead atoms. The molecule has 1 amide bonds. The lowest BCUT2D eigenvalue weighted by Gasteiger charge is -2.30. The van der Waals surface area contributed by atoms with Crippen LogP contribution in [0.2, 0.25) is 0 Å². The minimum atomic E-state index is -0.0966. The van der Waals surface area contributed by atoms with Crippen LogP contribution >= 0.6 is 0 Å². The SMILES string of the molecule is CCC(CC)N(CCO)C(=O)c1ccc(C)cc1NN. The molecule has 0 saturated heterocycles. The van der Waals surface area contributed by atoms with Gasteiger partial charge in [-0.05, 0) is 37.5 Å². The number of nitrogens with one attached hydrogen (secondary N) is 1. The van der Waals surface area contributed by atoms with Crippen molar-refractivity contribution < 1.29 is 9.90 Å². The van der Waals surface area contributed by atoms with Crippen molar-refractivity contribution in [3.05, 3.63) is 29.3 Å². The molecule has 0 radical (unpaired) electrons. The molecule has 20 heavy (non-hydrogen) atoms. The molecule has 0 heterocycles. The number of hydrogen-bond donors (Lipinski definition) is 3. The molecule has 5 nitrogen and oxygen atoms in total. The van der Waals surface area contributed by atoms with Crippen molar-refractivity contribution in [1.82, 2.24) is 4.90 Å². The van der Waals surface area contributed by atoms with Gasteiger partial charge < -0.3 is 15.4 Å². The molecule has 0 aliphatic carbocycles. The fraction of sp³-hybridized carbons (Fsp3) is 0.533. The molecular weight excluding hydrogens is 254 g/mol. The summed E-state index contributed by atoms with van der Waals surface area (Å²) in [5.74, 6) is 5.41. The van der Waals surface area contributed by atoms with E-state index in [4.69, 9.17) is 5.84 Å². The number of nitrogen functional groups attached to an aromatic ring is 1. The first-order valence-electron chi connectivity index (χ1n) is 7.08. The van der Waals surface area contributed by atoms with E-state index in [1.54, 1.807) is 11.0 Å². The third kappa shape index (κ3) is 3.71. The van der Waals surface area contributed by atoms with Crippen LogP contribution in [0.4, 0.5) is 5.69 Å². The molecule has 1 rings (SSSR count). The van der Waals surface area contributed by atoms with E-state index in [0.717, 1.165) is 18.4 Å². The number of nitrogens with two attached hydrogens (primary N) is 1. The summed E-state index contributed by atoms with van der Waals surface area (Å²) in [6.45, 7) is 6.33. The number of aryl methyl sites for hydroxylation is 1. The second kappa shape index (κ2) is 7.87. The molecule has 0 spiro atoms. The highest BCUT2D eigenvalue weighted by molar-refractivity contribution is 5.99. The van der Waals surface area contributed by atoms with E-state index in [0.29, 0.717) is 17.8 Å². The van der Waals surface area contributed by atoms with Crippen LogP contribution in [-0.4, -0.2) is 35.1 Å². The third-order valence-electron chi connectivity index (χ3n) is 3.55. The van der Waals surface area contributed by atoms with Crippen LogP contribution in [0.5, 0.6) is 0 Å². The summed E-state index contributed by atoms with van der Waals surface area (Å²) in [5.41, 5.74) is 4.77. The fourth-order valence-electron chi connectivity index (χ4n) is 2.41. The minimum Gasteiger partial charge on any atom is -0.395 e. The number of anilines is 1. The van der Waals surface area contributed by atoms with Gasteiger partial charge in [-0.25, -0.2) is 0 Å². The van der Waals surface area contributed by atoms with Gasteiger partial charge in [0.2, 0.25) is 0 Å². The number of amides is 1. The molecule has 0 unspecified atom stereocenters. The van der Waals surface area contributed by atoms with E-state index in [-0.39, 0.29) is 18.6 Å². The first-order valence-corrected chi connectivity index (χ1v) is 7.08. The van der Waals surface area contributed by atoms with Gasteiger partial charge in [-0.1, -0.05) is 19.9 Å². The van der Waals surface area contributed by atoms with E-state index < -0.39 is 0 Å². The maximum atomic E-state index is 12.7. The van der Waals surface area contributed by atoms with Gasteiger partial charge in [0.15, 0.2) is 0 Å². The molecule has 0 atom stereocenters. The van der Waals surface area contributed by atoms with Crippen molar-refractivity contribution in [1.29, 1.82) is 0 Å². The van der Waals surface area contributed by atoms with Gasteiger partial charge in [-0.3, -0.25) is 10.6 Å². The van der Waals surface area contributed by atoms with E-state index in [1.165, 1.54) is 0 Å². The number of aliphatic hydroxyl groups is 1. The number of hydrogen-bond acceptors (Lipinski definition) is 4. The number of carbonyl (C=O) groups excluding carboxylic acids is 1. The van der Waals surface area contributed by atoms with Crippen molar-refractivity contribution in [3.63, 3.8) is 0 Å². The number of nitrogens with zero attached hydrogens (tertiary/aromatic N) is 1. The Balaban J connectivity index is 3.11. The van der Waals surface area contributed by atoms with Crippen molar-refractivity contribution >= 4 is 11.6 Å². The summed E-state index contributed by atoms with van der Waals surface area (Å²) in [5, 5.41) is 9.21. The molecule has 0 saturated carbocycles. The highest BCUT2D eigenvalue weighted by Crippen LogP contribution is 2.21. The largest absolute Gasteiger partial charge is 0.395 e. The van der Waals surface area contributed by atoms with E-state index in [2.05, 4.69) is 5.43 Å². The molecule has 0 aliphatic rings. The monoisotopic (exact) mass is 279 g/mol. The van der Waals surface area contributed by atoms with Crippen LogP contribution < -0.4 is 11.3 Å². The van der Waals surface area contributed by atoms with Crippen molar-refractivity contribution in [2.75, 3.05) is 18.6 Å². The number of hydrazine groups is 1. The number of benzene rings is 1. The highest BCUT2D eigenvalue weighted by Gasteiger charge is 2.23. The molecule has 0 fully saturated rings. The smallest absolute Gasteiger partial charge is 0.256 e. The topological polar surface area (TPSA) is 78.6 Å². The normalized spacial score (nSPS) is 10.7. The Morgan fingerprint density at radius 1 is 1.40 bits per heavy atom. The van der Waals surface area contributed by atoms with Gasteiger partial charge in [-0.2, -0.15) is 0 Å². The first kappa shape index (κ1) is 16.5. The van der Waals surface area contributed by atoms with Crippen LogP contribution in [0.15, 0.2) is 18.2 Å². The third-order valence-corrected chi connectivity index (χ3v) is 3.55. The summed E-state index contributed by atoms with van der Waals surface area (Å²) >= 11 is 0. The summed E-state index contributed by atoms with van der Waals surface area (Å²) in [6.07, 6.45) is 1.72. The Kier molecular flexibility index (Phi) is 6.48. The molecule has 112 valence electrons. The van der Waals surface area contributed by atoms with Crippen molar-refractivity contribution in [3.8, 4) is 0 Å². The van der Waals surface area contributed by atoms with E-state index >= 15 is 0 Å². The second-order valence-electron chi connectivity index (χ2n) is 4.89. The van der Waals surface area contributed by atoms with Gasteiger partial charge in [0.05, 0.1) is 17.9 Å². The molecule has 1 aromatic rings. The molecule has 1 aromatic carbocycles. The fourth-order valence-corrected chi connectivity index (χ4v) is 2.41. The Labute approximate surface area is 120 Å². The number of rotatable bonds is 7. The van der Waals surface area contributed by atoms with Crippen molar-refractivity contribution in [2.24, 2.45) is 5.84 Å². The standard InChI is InChI=1S/C15H25N3O2/c1-4-12(5-2)18(8-9-19)15(20)13-7-6-11(3)10-14(13)17-16/h6-7,10,12,17,19H,4-5,8-9,16H2,1-3H3. The molecule has 0 aliphatic heterocycles. The van der Waals surface area contributed by atoms with Gasteiger partial charge in [-0.15, -0.1) is 0 Å².